The minimum Gasteiger partial charge on any atom is -0.508 e. The second-order valence-corrected chi connectivity index (χ2v) is 5.56. The number of benzene rings is 1. The van der Waals surface area contributed by atoms with Gasteiger partial charge in [-0.25, -0.2) is 0 Å². The molecule has 2 N–H and O–H groups in total. The molecule has 16 heavy (non-hydrogen) atoms. The van der Waals surface area contributed by atoms with Gasteiger partial charge in [0.2, 0.25) is 0 Å². The van der Waals surface area contributed by atoms with Crippen LogP contribution in [0.15, 0.2) is 18.2 Å². The fourth-order valence-corrected chi connectivity index (χ4v) is 3.51. The van der Waals surface area contributed by atoms with Crippen molar-refractivity contribution in [1.29, 1.82) is 0 Å². The van der Waals surface area contributed by atoms with Crippen LogP contribution in [-0.2, 0) is 11.8 Å². The molecule has 1 aliphatic heterocycles. The maximum atomic E-state index is 9.67. The van der Waals surface area contributed by atoms with E-state index in [1.54, 1.807) is 0 Å². The predicted molar refractivity (Wildman–Crippen MR) is 64.7 cm³/mol. The van der Waals surface area contributed by atoms with Crippen LogP contribution in [-0.4, -0.2) is 17.7 Å². The minimum absolute atomic E-state index is 0.238. The Bertz CT molecular complexity index is 429. The number of hydrogen-bond acceptors (Lipinski definition) is 2. The lowest BCUT2D eigenvalue weighted by Crippen LogP contribution is -2.56. The Labute approximate surface area is 96.7 Å². The second kappa shape index (κ2) is 3.24. The second-order valence-electron chi connectivity index (χ2n) is 5.56. The van der Waals surface area contributed by atoms with E-state index < -0.39 is 0 Å². The van der Waals surface area contributed by atoms with Gasteiger partial charge < -0.3 is 10.4 Å². The minimum atomic E-state index is 0.238. The first kappa shape index (κ1) is 10.2. The summed E-state index contributed by atoms with van der Waals surface area (Å²) >= 11 is 0. The smallest absolute Gasteiger partial charge is 0.115 e. The van der Waals surface area contributed by atoms with Gasteiger partial charge in [-0.2, -0.15) is 0 Å². The van der Waals surface area contributed by atoms with Gasteiger partial charge in [0.25, 0.3) is 0 Å². The number of aromatic hydroxyl groups is 1. The van der Waals surface area contributed by atoms with Crippen LogP contribution < -0.4 is 5.32 Å². The third-order valence-electron chi connectivity index (χ3n) is 4.81. The Morgan fingerprint density at radius 2 is 2.25 bits per heavy atom. The van der Waals surface area contributed by atoms with E-state index in [9.17, 15) is 5.11 Å². The van der Waals surface area contributed by atoms with Crippen molar-refractivity contribution in [3.05, 3.63) is 29.3 Å². The van der Waals surface area contributed by atoms with Crippen molar-refractivity contribution in [2.45, 2.75) is 38.1 Å². The highest BCUT2D eigenvalue weighted by molar-refractivity contribution is 5.44. The molecule has 3 atom stereocenters. The zero-order valence-corrected chi connectivity index (χ0v) is 9.96. The summed E-state index contributed by atoms with van der Waals surface area (Å²) in [7, 11) is 0. The Hall–Kier alpha value is -1.02. The van der Waals surface area contributed by atoms with Gasteiger partial charge in [0, 0.05) is 6.04 Å². The van der Waals surface area contributed by atoms with Crippen molar-refractivity contribution in [3.8, 4) is 5.75 Å². The first-order chi connectivity index (χ1) is 7.61. The summed E-state index contributed by atoms with van der Waals surface area (Å²) in [6.45, 7) is 5.79. The highest BCUT2D eigenvalue weighted by atomic mass is 16.3. The predicted octanol–water partition coefficient (Wildman–Crippen LogP) is 2.20. The molecule has 2 nitrogen and oxygen atoms in total. The third kappa shape index (κ3) is 1.23. The van der Waals surface area contributed by atoms with Crippen molar-refractivity contribution in [2.75, 3.05) is 6.54 Å². The number of hydrogen-bond donors (Lipinski definition) is 2. The topological polar surface area (TPSA) is 32.3 Å². The molecule has 0 amide bonds. The summed E-state index contributed by atoms with van der Waals surface area (Å²) in [6, 6.07) is 6.49. The Kier molecular flexibility index (Phi) is 2.05. The SMILES string of the molecule is C[C@H]1[C@H]2Cc3ccc(O)cc3C1(C)CCN2. The Balaban J connectivity index is 2.18. The maximum Gasteiger partial charge on any atom is 0.115 e. The van der Waals surface area contributed by atoms with Crippen molar-refractivity contribution in [2.24, 2.45) is 5.92 Å². The van der Waals surface area contributed by atoms with Gasteiger partial charge in [0.15, 0.2) is 0 Å². The lowest BCUT2D eigenvalue weighted by molar-refractivity contribution is 0.158. The zero-order valence-electron chi connectivity index (χ0n) is 9.96. The molecule has 0 saturated carbocycles. The van der Waals surface area contributed by atoms with Crippen LogP contribution in [0.1, 0.15) is 31.4 Å². The molecular formula is C14H19NO. The summed E-state index contributed by atoms with van der Waals surface area (Å²) in [5, 5.41) is 13.3. The fourth-order valence-electron chi connectivity index (χ4n) is 3.51. The number of piperidine rings is 1. The molecule has 2 bridgehead atoms. The Morgan fingerprint density at radius 1 is 1.44 bits per heavy atom. The summed E-state index contributed by atoms with van der Waals surface area (Å²) in [4.78, 5) is 0. The number of phenols is 1. The van der Waals surface area contributed by atoms with Gasteiger partial charge >= 0.3 is 0 Å². The van der Waals surface area contributed by atoms with E-state index in [1.165, 1.54) is 17.5 Å². The molecule has 0 spiro atoms. The summed E-state index contributed by atoms with van der Waals surface area (Å²) in [5.41, 5.74) is 3.02. The number of phenolic OH excluding ortho intramolecular Hbond substituents is 1. The van der Waals surface area contributed by atoms with Gasteiger partial charge in [0.1, 0.15) is 5.75 Å². The van der Waals surface area contributed by atoms with E-state index in [0.29, 0.717) is 17.7 Å². The van der Waals surface area contributed by atoms with E-state index in [2.05, 4.69) is 25.2 Å². The van der Waals surface area contributed by atoms with Crippen LogP contribution in [0.3, 0.4) is 0 Å². The van der Waals surface area contributed by atoms with E-state index in [1.807, 2.05) is 12.1 Å². The van der Waals surface area contributed by atoms with E-state index >= 15 is 0 Å². The normalized spacial score (nSPS) is 36.9. The van der Waals surface area contributed by atoms with E-state index in [-0.39, 0.29) is 5.41 Å². The molecular weight excluding hydrogens is 198 g/mol. The van der Waals surface area contributed by atoms with E-state index in [0.717, 1.165) is 13.0 Å². The fraction of sp³-hybridized carbons (Fsp3) is 0.571. The van der Waals surface area contributed by atoms with Gasteiger partial charge in [0.05, 0.1) is 0 Å². The van der Waals surface area contributed by atoms with Crippen LogP contribution in [0.5, 0.6) is 5.75 Å². The average Bonchev–Trinajstić information content (AvgIpc) is 2.25. The standard InChI is InChI=1S/C14H19NO/c1-9-13-7-10-3-4-11(16)8-12(10)14(9,2)5-6-15-13/h3-4,8-9,13,15-16H,5-7H2,1-2H3/t9-,13+,14?/m0/s1. The molecule has 1 aromatic carbocycles. The first-order valence-electron chi connectivity index (χ1n) is 6.17. The maximum absolute atomic E-state index is 9.67. The van der Waals surface area contributed by atoms with Crippen molar-refractivity contribution < 1.29 is 5.11 Å². The number of fused-ring (bicyclic) bond motifs is 4. The van der Waals surface area contributed by atoms with Gasteiger partial charge in [-0.15, -0.1) is 0 Å². The molecule has 1 unspecified atom stereocenters. The number of nitrogens with one attached hydrogen (secondary N) is 1. The molecule has 2 heteroatoms. The quantitative estimate of drug-likeness (QED) is 0.698. The van der Waals surface area contributed by atoms with Crippen LogP contribution in [0.2, 0.25) is 0 Å². The highest BCUT2D eigenvalue weighted by Crippen LogP contribution is 2.46. The molecule has 0 radical (unpaired) electrons. The third-order valence-corrected chi connectivity index (χ3v) is 4.81. The van der Waals surface area contributed by atoms with Gasteiger partial charge in [-0.1, -0.05) is 19.9 Å². The molecule has 3 rings (SSSR count). The lowest BCUT2D eigenvalue weighted by Gasteiger charge is -2.50. The summed E-state index contributed by atoms with van der Waals surface area (Å²) < 4.78 is 0. The Morgan fingerprint density at radius 3 is 3.06 bits per heavy atom. The van der Waals surface area contributed by atoms with Crippen LogP contribution in [0.4, 0.5) is 0 Å². The lowest BCUT2D eigenvalue weighted by atomic mass is 9.59. The monoisotopic (exact) mass is 217 g/mol. The molecule has 1 saturated heterocycles. The van der Waals surface area contributed by atoms with Crippen LogP contribution in [0, 0.1) is 5.92 Å². The number of rotatable bonds is 0. The molecule has 0 aromatic heterocycles. The van der Waals surface area contributed by atoms with Crippen molar-refractivity contribution in [3.63, 3.8) is 0 Å². The van der Waals surface area contributed by atoms with Crippen LogP contribution >= 0.6 is 0 Å². The largest absolute Gasteiger partial charge is 0.508 e. The molecule has 1 heterocycles. The first-order valence-corrected chi connectivity index (χ1v) is 6.17. The summed E-state index contributed by atoms with van der Waals surface area (Å²) in [5.74, 6) is 1.06. The van der Waals surface area contributed by atoms with Crippen LogP contribution in [0.25, 0.3) is 0 Å². The molecule has 86 valence electrons. The van der Waals surface area contributed by atoms with Gasteiger partial charge in [-0.3, -0.25) is 0 Å². The average molecular weight is 217 g/mol. The zero-order chi connectivity index (χ0) is 11.3. The summed E-state index contributed by atoms with van der Waals surface area (Å²) in [6.07, 6.45) is 2.27. The van der Waals surface area contributed by atoms with Crippen molar-refractivity contribution in [1.82, 2.24) is 5.32 Å². The van der Waals surface area contributed by atoms with E-state index in [4.69, 9.17) is 0 Å². The molecule has 1 aromatic rings. The molecule has 2 aliphatic rings. The molecule has 1 aliphatic carbocycles. The highest BCUT2D eigenvalue weighted by Gasteiger charge is 2.45. The van der Waals surface area contributed by atoms with Gasteiger partial charge in [-0.05, 0) is 54.0 Å². The molecule has 1 fully saturated rings. The van der Waals surface area contributed by atoms with Crippen molar-refractivity contribution >= 4 is 0 Å².